The standard InChI is InChI=1S/C20H21N3O3/c1-12-10-13(2)18(14(3)11-12)21-17(24)8-9-23-16-7-5-4-6-15(16)19(25)22-20(23)26/h4-7,10-11H,8-9H2,1-3H3,(H,21,24)(H,22,25,26). The minimum Gasteiger partial charge on any atom is -0.326 e. The Hall–Kier alpha value is -3.15. The Balaban J connectivity index is 1.82. The monoisotopic (exact) mass is 351 g/mol. The van der Waals surface area contributed by atoms with Gasteiger partial charge in [0.2, 0.25) is 5.91 Å². The number of amides is 1. The molecule has 0 saturated carbocycles. The first-order valence-corrected chi connectivity index (χ1v) is 8.46. The molecule has 0 aliphatic heterocycles. The number of hydrogen-bond acceptors (Lipinski definition) is 3. The Labute approximate surface area is 150 Å². The molecule has 1 amide bonds. The summed E-state index contributed by atoms with van der Waals surface area (Å²) in [6.07, 6.45) is 0.128. The Morgan fingerprint density at radius 2 is 1.73 bits per heavy atom. The van der Waals surface area contributed by atoms with Crippen molar-refractivity contribution in [2.24, 2.45) is 0 Å². The van der Waals surface area contributed by atoms with Gasteiger partial charge in [0.05, 0.1) is 10.9 Å². The highest BCUT2D eigenvalue weighted by molar-refractivity contribution is 5.92. The highest BCUT2D eigenvalue weighted by atomic mass is 16.2. The first-order valence-electron chi connectivity index (χ1n) is 8.46. The number of para-hydroxylation sites is 1. The van der Waals surface area contributed by atoms with Crippen molar-refractivity contribution in [2.75, 3.05) is 5.32 Å². The van der Waals surface area contributed by atoms with Gasteiger partial charge >= 0.3 is 5.69 Å². The summed E-state index contributed by atoms with van der Waals surface area (Å²) in [6.45, 7) is 6.11. The molecule has 134 valence electrons. The number of fused-ring (bicyclic) bond motifs is 1. The summed E-state index contributed by atoms with van der Waals surface area (Å²) >= 11 is 0. The zero-order chi connectivity index (χ0) is 18.8. The normalized spacial score (nSPS) is 10.9. The number of aromatic amines is 1. The van der Waals surface area contributed by atoms with Crippen LogP contribution in [0.3, 0.4) is 0 Å². The van der Waals surface area contributed by atoms with E-state index in [1.54, 1.807) is 24.3 Å². The molecule has 0 unspecified atom stereocenters. The predicted octanol–water partition coefficient (Wildman–Crippen LogP) is 2.64. The summed E-state index contributed by atoms with van der Waals surface area (Å²) in [5.74, 6) is -0.178. The molecule has 26 heavy (non-hydrogen) atoms. The van der Waals surface area contributed by atoms with E-state index < -0.39 is 11.2 Å². The van der Waals surface area contributed by atoms with E-state index in [0.29, 0.717) is 10.9 Å². The lowest BCUT2D eigenvalue weighted by Crippen LogP contribution is -2.31. The quantitative estimate of drug-likeness (QED) is 0.758. The number of carbonyl (C=O) groups excluding carboxylic acids is 1. The van der Waals surface area contributed by atoms with E-state index in [9.17, 15) is 14.4 Å². The lowest BCUT2D eigenvalue weighted by atomic mass is 10.1. The molecule has 3 aromatic rings. The van der Waals surface area contributed by atoms with Crippen LogP contribution in [0, 0.1) is 20.8 Å². The van der Waals surface area contributed by atoms with E-state index in [2.05, 4.69) is 10.3 Å². The smallest absolute Gasteiger partial charge is 0.326 e. The molecule has 0 radical (unpaired) electrons. The van der Waals surface area contributed by atoms with Crippen molar-refractivity contribution in [2.45, 2.75) is 33.7 Å². The van der Waals surface area contributed by atoms with E-state index in [0.717, 1.165) is 22.4 Å². The largest absolute Gasteiger partial charge is 0.328 e. The molecule has 0 fully saturated rings. The van der Waals surface area contributed by atoms with Gasteiger partial charge in [0.15, 0.2) is 0 Å². The average Bonchev–Trinajstić information content (AvgIpc) is 2.58. The van der Waals surface area contributed by atoms with E-state index in [1.165, 1.54) is 4.57 Å². The van der Waals surface area contributed by atoms with Gasteiger partial charge in [-0.15, -0.1) is 0 Å². The Bertz CT molecular complexity index is 1090. The summed E-state index contributed by atoms with van der Waals surface area (Å²) < 4.78 is 1.42. The molecule has 0 aliphatic rings. The fraction of sp³-hybridized carbons (Fsp3) is 0.250. The SMILES string of the molecule is Cc1cc(C)c(NC(=O)CCn2c(=O)[nH]c(=O)c3ccccc32)c(C)c1. The van der Waals surface area contributed by atoms with Gasteiger partial charge in [0.1, 0.15) is 0 Å². The maximum absolute atomic E-state index is 12.4. The fourth-order valence-corrected chi connectivity index (χ4v) is 3.26. The number of carbonyl (C=O) groups is 1. The number of hydrogen-bond donors (Lipinski definition) is 2. The molecule has 0 atom stereocenters. The van der Waals surface area contributed by atoms with Crippen molar-refractivity contribution in [3.05, 3.63) is 73.9 Å². The summed E-state index contributed by atoms with van der Waals surface area (Å²) in [6, 6.07) is 10.9. The molecule has 2 N–H and O–H groups in total. The minimum atomic E-state index is -0.510. The van der Waals surface area contributed by atoms with Gasteiger partial charge < -0.3 is 5.32 Å². The van der Waals surface area contributed by atoms with Crippen molar-refractivity contribution < 1.29 is 4.79 Å². The minimum absolute atomic E-state index is 0.128. The number of nitrogens with one attached hydrogen (secondary N) is 2. The Morgan fingerprint density at radius 3 is 2.42 bits per heavy atom. The molecule has 1 heterocycles. The molecule has 0 spiro atoms. The van der Waals surface area contributed by atoms with Crippen LogP contribution in [0.4, 0.5) is 5.69 Å². The molecular formula is C20H21N3O3. The fourth-order valence-electron chi connectivity index (χ4n) is 3.26. The van der Waals surface area contributed by atoms with Crippen LogP contribution in [-0.2, 0) is 11.3 Å². The highest BCUT2D eigenvalue weighted by Gasteiger charge is 2.11. The summed E-state index contributed by atoms with van der Waals surface area (Å²) in [5, 5.41) is 3.36. The molecule has 6 heteroatoms. The van der Waals surface area contributed by atoms with Gasteiger partial charge in [-0.3, -0.25) is 19.1 Å². The molecule has 6 nitrogen and oxygen atoms in total. The van der Waals surface area contributed by atoms with Crippen LogP contribution in [0.1, 0.15) is 23.1 Å². The lowest BCUT2D eigenvalue weighted by Gasteiger charge is -2.14. The third-order valence-corrected chi connectivity index (χ3v) is 4.41. The topological polar surface area (TPSA) is 84.0 Å². The van der Waals surface area contributed by atoms with E-state index in [1.807, 2.05) is 32.9 Å². The molecule has 0 saturated heterocycles. The Morgan fingerprint density at radius 1 is 1.08 bits per heavy atom. The van der Waals surface area contributed by atoms with Crippen molar-refractivity contribution in [3.8, 4) is 0 Å². The second-order valence-electron chi connectivity index (χ2n) is 6.50. The molecule has 0 aliphatic carbocycles. The molecule has 0 bridgehead atoms. The number of benzene rings is 2. The van der Waals surface area contributed by atoms with E-state index in [4.69, 9.17) is 0 Å². The van der Waals surface area contributed by atoms with Gasteiger partial charge in [-0.1, -0.05) is 29.8 Å². The van der Waals surface area contributed by atoms with Gasteiger partial charge in [0.25, 0.3) is 5.56 Å². The maximum Gasteiger partial charge on any atom is 0.328 e. The number of anilines is 1. The van der Waals surface area contributed by atoms with Gasteiger partial charge in [-0.05, 0) is 44.0 Å². The van der Waals surface area contributed by atoms with Gasteiger partial charge in [-0.25, -0.2) is 4.79 Å². The third-order valence-electron chi connectivity index (χ3n) is 4.41. The second kappa shape index (κ2) is 7.00. The number of aromatic nitrogens is 2. The van der Waals surface area contributed by atoms with Crippen molar-refractivity contribution in [1.82, 2.24) is 9.55 Å². The maximum atomic E-state index is 12.4. The molecular weight excluding hydrogens is 330 g/mol. The van der Waals surface area contributed by atoms with Crippen LogP contribution in [0.5, 0.6) is 0 Å². The van der Waals surface area contributed by atoms with Crippen molar-refractivity contribution >= 4 is 22.5 Å². The number of H-pyrrole nitrogens is 1. The van der Waals surface area contributed by atoms with Crippen LogP contribution in [-0.4, -0.2) is 15.5 Å². The predicted molar refractivity (Wildman–Crippen MR) is 103 cm³/mol. The van der Waals surface area contributed by atoms with E-state index >= 15 is 0 Å². The second-order valence-corrected chi connectivity index (χ2v) is 6.50. The molecule has 3 rings (SSSR count). The zero-order valence-electron chi connectivity index (χ0n) is 15.1. The van der Waals surface area contributed by atoms with Crippen LogP contribution in [0.2, 0.25) is 0 Å². The Kier molecular flexibility index (Phi) is 4.75. The van der Waals surface area contributed by atoms with Crippen LogP contribution >= 0.6 is 0 Å². The zero-order valence-corrected chi connectivity index (χ0v) is 15.1. The lowest BCUT2D eigenvalue weighted by molar-refractivity contribution is -0.116. The molecule has 2 aromatic carbocycles. The number of aryl methyl sites for hydroxylation is 4. The summed E-state index contributed by atoms with van der Waals surface area (Å²) in [5.41, 5.74) is 3.55. The van der Waals surface area contributed by atoms with Crippen molar-refractivity contribution in [3.63, 3.8) is 0 Å². The van der Waals surface area contributed by atoms with Gasteiger partial charge in [-0.2, -0.15) is 0 Å². The van der Waals surface area contributed by atoms with Crippen LogP contribution in [0.25, 0.3) is 10.9 Å². The number of rotatable bonds is 4. The van der Waals surface area contributed by atoms with Gasteiger partial charge in [0, 0.05) is 18.7 Å². The third kappa shape index (κ3) is 3.44. The molecule has 1 aromatic heterocycles. The first-order chi connectivity index (χ1) is 12.4. The van der Waals surface area contributed by atoms with Crippen LogP contribution in [0.15, 0.2) is 46.0 Å². The first kappa shape index (κ1) is 17.7. The van der Waals surface area contributed by atoms with E-state index in [-0.39, 0.29) is 18.9 Å². The number of nitrogens with zero attached hydrogens (tertiary/aromatic N) is 1. The average molecular weight is 351 g/mol. The van der Waals surface area contributed by atoms with Crippen LogP contribution < -0.4 is 16.6 Å². The highest BCUT2D eigenvalue weighted by Crippen LogP contribution is 2.22. The summed E-state index contributed by atoms with van der Waals surface area (Å²) in [4.78, 5) is 38.7. The summed E-state index contributed by atoms with van der Waals surface area (Å²) in [7, 11) is 0. The van der Waals surface area contributed by atoms with Crippen molar-refractivity contribution in [1.29, 1.82) is 0 Å².